The van der Waals surface area contributed by atoms with Crippen LogP contribution in [0, 0.1) is 20.8 Å². The molecule has 2 aromatic rings. The van der Waals surface area contributed by atoms with Gasteiger partial charge < -0.3 is 5.32 Å². The highest BCUT2D eigenvalue weighted by Gasteiger charge is 2.16. The van der Waals surface area contributed by atoms with Crippen molar-refractivity contribution >= 4 is 33.0 Å². The number of nitrogens with two attached hydrogens (primary N) is 1. The maximum absolute atomic E-state index is 12.2. The molecule has 0 bridgehead atoms. The maximum atomic E-state index is 12.2. The summed E-state index contributed by atoms with van der Waals surface area (Å²) in [5.74, 6) is -0.253. The fraction of sp³-hybridized carbons (Fsp3) is 0.214. The van der Waals surface area contributed by atoms with Crippen molar-refractivity contribution in [3.8, 4) is 0 Å². The number of amides is 1. The summed E-state index contributed by atoms with van der Waals surface area (Å²) in [6.07, 6.45) is 0. The molecule has 7 heteroatoms. The van der Waals surface area contributed by atoms with Gasteiger partial charge in [0.15, 0.2) is 0 Å². The molecule has 1 aromatic carbocycles. The Bertz CT molecular complexity index is 808. The number of hydrogen-bond acceptors (Lipinski definition) is 4. The van der Waals surface area contributed by atoms with Crippen LogP contribution in [0.15, 0.2) is 28.5 Å². The lowest BCUT2D eigenvalue weighted by molar-refractivity contribution is 0.103. The predicted octanol–water partition coefficient (Wildman–Crippen LogP) is 2.57. The number of aryl methyl sites for hydroxylation is 2. The fourth-order valence-corrected chi connectivity index (χ4v) is 3.35. The Morgan fingerprint density at radius 1 is 1.19 bits per heavy atom. The van der Waals surface area contributed by atoms with Crippen LogP contribution in [-0.4, -0.2) is 14.3 Å². The van der Waals surface area contributed by atoms with Crippen molar-refractivity contribution in [3.63, 3.8) is 0 Å². The van der Waals surface area contributed by atoms with Gasteiger partial charge in [-0.3, -0.25) is 4.79 Å². The summed E-state index contributed by atoms with van der Waals surface area (Å²) in [5, 5.41) is 9.75. The minimum atomic E-state index is -3.81. The van der Waals surface area contributed by atoms with Crippen LogP contribution in [0.4, 0.5) is 5.69 Å². The van der Waals surface area contributed by atoms with Crippen LogP contribution in [0.5, 0.6) is 0 Å². The molecule has 0 spiro atoms. The Balaban J connectivity index is 2.43. The zero-order valence-corrected chi connectivity index (χ0v) is 13.6. The molecule has 21 heavy (non-hydrogen) atoms. The Hall–Kier alpha value is -1.70. The molecule has 3 N–H and O–H groups in total. The highest BCUT2D eigenvalue weighted by Crippen LogP contribution is 2.25. The second kappa shape index (κ2) is 5.59. The average molecular weight is 324 g/mol. The number of carbonyl (C=O) groups is 1. The molecule has 0 aliphatic heterocycles. The van der Waals surface area contributed by atoms with E-state index in [0.717, 1.165) is 16.7 Å². The molecule has 0 radical (unpaired) electrons. The van der Waals surface area contributed by atoms with Gasteiger partial charge >= 0.3 is 0 Å². The van der Waals surface area contributed by atoms with Crippen LogP contribution in [0.3, 0.4) is 0 Å². The minimum Gasteiger partial charge on any atom is -0.321 e. The molecular formula is C14H16N2O3S2. The fourth-order valence-electron chi connectivity index (χ4n) is 1.90. The summed E-state index contributed by atoms with van der Waals surface area (Å²) >= 11 is 1.34. The van der Waals surface area contributed by atoms with Crippen molar-refractivity contribution in [1.82, 2.24) is 0 Å². The first-order valence-electron chi connectivity index (χ1n) is 6.19. The molecule has 0 aliphatic carbocycles. The van der Waals surface area contributed by atoms with Crippen molar-refractivity contribution in [1.29, 1.82) is 0 Å². The first kappa shape index (κ1) is 15.7. The normalized spacial score (nSPS) is 11.4. The topological polar surface area (TPSA) is 89.3 Å². The number of rotatable bonds is 3. The second-order valence-corrected chi connectivity index (χ2v) is 7.32. The Kier molecular flexibility index (Phi) is 4.18. The van der Waals surface area contributed by atoms with E-state index in [4.69, 9.17) is 5.14 Å². The minimum absolute atomic E-state index is 0.0104. The van der Waals surface area contributed by atoms with Crippen molar-refractivity contribution < 1.29 is 13.2 Å². The summed E-state index contributed by atoms with van der Waals surface area (Å²) in [6.45, 7) is 5.44. The predicted molar refractivity (Wildman–Crippen MR) is 84.3 cm³/mol. The Morgan fingerprint density at radius 3 is 2.38 bits per heavy atom. The zero-order valence-electron chi connectivity index (χ0n) is 11.9. The zero-order chi connectivity index (χ0) is 15.8. The molecule has 0 saturated carbocycles. The van der Waals surface area contributed by atoms with E-state index in [0.29, 0.717) is 10.6 Å². The molecule has 1 amide bonds. The SMILES string of the molecule is Cc1ccsc1C(=O)Nc1cc(S(N)(=O)=O)cc(C)c1C. The smallest absolute Gasteiger partial charge is 0.266 e. The van der Waals surface area contributed by atoms with E-state index in [2.05, 4.69) is 5.32 Å². The van der Waals surface area contributed by atoms with Crippen LogP contribution in [0.25, 0.3) is 0 Å². The number of benzene rings is 1. The van der Waals surface area contributed by atoms with E-state index >= 15 is 0 Å². The summed E-state index contributed by atoms with van der Waals surface area (Å²) in [4.78, 5) is 12.8. The van der Waals surface area contributed by atoms with Crippen molar-refractivity contribution in [2.45, 2.75) is 25.7 Å². The van der Waals surface area contributed by atoms with Gasteiger partial charge in [-0.15, -0.1) is 11.3 Å². The Morgan fingerprint density at radius 2 is 1.86 bits per heavy atom. The Labute approximate surface area is 127 Å². The average Bonchev–Trinajstić information content (AvgIpc) is 2.79. The van der Waals surface area contributed by atoms with E-state index < -0.39 is 10.0 Å². The first-order valence-corrected chi connectivity index (χ1v) is 8.62. The first-order chi connectivity index (χ1) is 9.70. The standard InChI is InChI=1S/C14H16N2O3S2/c1-8-4-5-20-13(8)14(17)16-12-7-11(21(15,18)19)6-9(2)10(12)3/h4-7H,1-3H3,(H,16,17)(H2,15,18,19). The van der Waals surface area contributed by atoms with Crippen molar-refractivity contribution in [2.24, 2.45) is 5.14 Å². The van der Waals surface area contributed by atoms with Gasteiger partial charge in [-0.25, -0.2) is 13.6 Å². The lowest BCUT2D eigenvalue weighted by atomic mass is 10.1. The largest absolute Gasteiger partial charge is 0.321 e. The number of hydrogen-bond donors (Lipinski definition) is 2. The molecule has 0 saturated heterocycles. The van der Waals surface area contributed by atoms with E-state index in [9.17, 15) is 13.2 Å². The maximum Gasteiger partial charge on any atom is 0.266 e. The van der Waals surface area contributed by atoms with Gasteiger partial charge in [-0.2, -0.15) is 0 Å². The molecule has 5 nitrogen and oxygen atoms in total. The summed E-state index contributed by atoms with van der Waals surface area (Å²) in [5.41, 5.74) is 2.90. The van der Waals surface area contributed by atoms with Gasteiger partial charge in [0.05, 0.1) is 9.77 Å². The van der Waals surface area contributed by atoms with Crippen LogP contribution >= 0.6 is 11.3 Å². The van der Waals surface area contributed by atoms with Gasteiger partial charge in [0, 0.05) is 5.69 Å². The lowest BCUT2D eigenvalue weighted by Gasteiger charge is -2.12. The quantitative estimate of drug-likeness (QED) is 0.909. The molecular weight excluding hydrogens is 308 g/mol. The number of thiophene rings is 1. The summed E-state index contributed by atoms with van der Waals surface area (Å²) in [6, 6.07) is 4.74. The third-order valence-electron chi connectivity index (χ3n) is 3.29. The van der Waals surface area contributed by atoms with Gasteiger partial charge in [-0.1, -0.05) is 0 Å². The van der Waals surface area contributed by atoms with Gasteiger partial charge in [-0.05, 0) is 61.0 Å². The van der Waals surface area contributed by atoms with E-state index in [-0.39, 0.29) is 10.8 Å². The van der Waals surface area contributed by atoms with E-state index in [1.165, 1.54) is 23.5 Å². The van der Waals surface area contributed by atoms with Crippen molar-refractivity contribution in [3.05, 3.63) is 45.1 Å². The third-order valence-corrected chi connectivity index (χ3v) is 5.19. The van der Waals surface area contributed by atoms with Crippen LogP contribution in [0.1, 0.15) is 26.4 Å². The second-order valence-electron chi connectivity index (χ2n) is 4.84. The molecule has 0 unspecified atom stereocenters. The van der Waals surface area contributed by atoms with E-state index in [1.807, 2.05) is 25.3 Å². The number of carbonyl (C=O) groups excluding carboxylic acids is 1. The summed E-state index contributed by atoms with van der Waals surface area (Å²) in [7, 11) is -3.81. The highest BCUT2D eigenvalue weighted by molar-refractivity contribution is 7.89. The number of sulfonamides is 1. The van der Waals surface area contributed by atoms with Gasteiger partial charge in [0.1, 0.15) is 0 Å². The monoisotopic (exact) mass is 324 g/mol. The molecule has 0 atom stereocenters. The van der Waals surface area contributed by atoms with Gasteiger partial charge in [0.25, 0.3) is 5.91 Å². The van der Waals surface area contributed by atoms with Crippen LogP contribution in [0.2, 0.25) is 0 Å². The van der Waals surface area contributed by atoms with Gasteiger partial charge in [0.2, 0.25) is 10.0 Å². The molecule has 1 aromatic heterocycles. The molecule has 112 valence electrons. The summed E-state index contributed by atoms with van der Waals surface area (Å²) < 4.78 is 23.0. The number of anilines is 1. The molecule has 2 rings (SSSR count). The number of primary sulfonamides is 1. The molecule has 1 heterocycles. The lowest BCUT2D eigenvalue weighted by Crippen LogP contribution is -2.16. The van der Waals surface area contributed by atoms with Crippen LogP contribution in [-0.2, 0) is 10.0 Å². The van der Waals surface area contributed by atoms with E-state index in [1.54, 1.807) is 6.92 Å². The van der Waals surface area contributed by atoms with Crippen molar-refractivity contribution in [2.75, 3.05) is 5.32 Å². The molecule has 0 fully saturated rings. The molecule has 0 aliphatic rings. The number of nitrogens with one attached hydrogen (secondary N) is 1. The highest BCUT2D eigenvalue weighted by atomic mass is 32.2. The third kappa shape index (κ3) is 3.31. The van der Waals surface area contributed by atoms with Crippen LogP contribution < -0.4 is 10.5 Å².